The maximum Gasteiger partial charge on any atom is 0.271 e. The summed E-state index contributed by atoms with van der Waals surface area (Å²) in [5.41, 5.74) is 0.959. The number of nitrogens with zero attached hydrogens (tertiary/aromatic N) is 3. The Labute approximate surface area is 147 Å². The van der Waals surface area contributed by atoms with E-state index < -0.39 is 0 Å². The first kappa shape index (κ1) is 18.5. The van der Waals surface area contributed by atoms with Gasteiger partial charge in [-0.05, 0) is 26.2 Å². The Balaban J connectivity index is 2.04. The molecule has 0 unspecified atom stereocenters. The van der Waals surface area contributed by atoms with E-state index >= 15 is 0 Å². The zero-order valence-electron chi connectivity index (χ0n) is 14.9. The second-order valence-electron chi connectivity index (χ2n) is 5.54. The van der Waals surface area contributed by atoms with Crippen molar-refractivity contribution >= 4 is 17.4 Å². The summed E-state index contributed by atoms with van der Waals surface area (Å²) in [4.78, 5) is 22.4. The van der Waals surface area contributed by atoms with Crippen LogP contribution in [-0.2, 0) is 0 Å². The molecule has 1 heterocycles. The standard InChI is InChI=1S/C17H23N5O3/c1-22(2)8-7-18-17(23)14-10-20-16(11-19-14)21-13-9-12(24-3)5-6-15(13)25-4/h5-6,9-11H,7-8H2,1-4H3,(H,18,23)(H,20,21). The van der Waals surface area contributed by atoms with Crippen molar-refractivity contribution in [3.63, 3.8) is 0 Å². The number of amides is 1. The molecule has 0 aliphatic carbocycles. The van der Waals surface area contributed by atoms with Gasteiger partial charge in [-0.3, -0.25) is 4.79 Å². The Morgan fingerprint density at radius 2 is 1.96 bits per heavy atom. The van der Waals surface area contributed by atoms with Crippen molar-refractivity contribution in [1.29, 1.82) is 0 Å². The molecule has 25 heavy (non-hydrogen) atoms. The van der Waals surface area contributed by atoms with Gasteiger partial charge in [0.25, 0.3) is 5.91 Å². The van der Waals surface area contributed by atoms with Crippen LogP contribution in [0.5, 0.6) is 11.5 Å². The van der Waals surface area contributed by atoms with Gasteiger partial charge in [-0.2, -0.15) is 0 Å². The fourth-order valence-corrected chi connectivity index (χ4v) is 2.04. The molecule has 0 saturated carbocycles. The van der Waals surface area contributed by atoms with Crippen molar-refractivity contribution in [3.05, 3.63) is 36.3 Å². The minimum Gasteiger partial charge on any atom is -0.497 e. The molecule has 1 amide bonds. The minimum absolute atomic E-state index is 0.250. The highest BCUT2D eigenvalue weighted by atomic mass is 16.5. The number of anilines is 2. The van der Waals surface area contributed by atoms with Crippen molar-refractivity contribution < 1.29 is 14.3 Å². The van der Waals surface area contributed by atoms with Crippen molar-refractivity contribution in [3.8, 4) is 11.5 Å². The number of hydrogen-bond acceptors (Lipinski definition) is 7. The maximum absolute atomic E-state index is 12.0. The molecular formula is C17H23N5O3. The van der Waals surface area contributed by atoms with Gasteiger partial charge in [0.2, 0.25) is 0 Å². The first-order valence-electron chi connectivity index (χ1n) is 7.77. The molecule has 2 rings (SSSR count). The Morgan fingerprint density at radius 3 is 2.56 bits per heavy atom. The monoisotopic (exact) mass is 345 g/mol. The highest BCUT2D eigenvalue weighted by molar-refractivity contribution is 5.92. The summed E-state index contributed by atoms with van der Waals surface area (Å²) < 4.78 is 10.5. The van der Waals surface area contributed by atoms with Crippen LogP contribution in [0.25, 0.3) is 0 Å². The average Bonchev–Trinajstić information content (AvgIpc) is 2.61. The summed E-state index contributed by atoms with van der Waals surface area (Å²) >= 11 is 0. The molecule has 1 aromatic heterocycles. The summed E-state index contributed by atoms with van der Waals surface area (Å²) in [6.07, 6.45) is 2.93. The Hall–Kier alpha value is -2.87. The van der Waals surface area contributed by atoms with Gasteiger partial charge in [0.15, 0.2) is 0 Å². The SMILES string of the molecule is COc1ccc(OC)c(Nc2cnc(C(=O)NCCN(C)C)cn2)c1. The third-order valence-electron chi connectivity index (χ3n) is 3.40. The summed E-state index contributed by atoms with van der Waals surface area (Å²) in [7, 11) is 7.06. The molecule has 0 atom stereocenters. The predicted octanol–water partition coefficient (Wildman–Crippen LogP) is 1.53. The smallest absolute Gasteiger partial charge is 0.271 e. The molecule has 0 spiro atoms. The molecule has 2 aromatic rings. The van der Waals surface area contributed by atoms with Crippen LogP contribution in [0.1, 0.15) is 10.5 Å². The normalized spacial score (nSPS) is 10.4. The molecule has 0 bridgehead atoms. The topological polar surface area (TPSA) is 88.6 Å². The number of methoxy groups -OCH3 is 2. The average molecular weight is 345 g/mol. The predicted molar refractivity (Wildman–Crippen MR) is 95.7 cm³/mol. The van der Waals surface area contributed by atoms with Crippen LogP contribution < -0.4 is 20.1 Å². The van der Waals surface area contributed by atoms with Gasteiger partial charge in [-0.1, -0.05) is 0 Å². The van der Waals surface area contributed by atoms with Crippen LogP contribution in [0, 0.1) is 0 Å². The van der Waals surface area contributed by atoms with E-state index in [4.69, 9.17) is 9.47 Å². The maximum atomic E-state index is 12.0. The van der Waals surface area contributed by atoms with E-state index in [0.29, 0.717) is 29.5 Å². The lowest BCUT2D eigenvalue weighted by atomic mass is 10.2. The third-order valence-corrected chi connectivity index (χ3v) is 3.40. The van der Waals surface area contributed by atoms with Crippen molar-refractivity contribution in [2.24, 2.45) is 0 Å². The number of rotatable bonds is 8. The number of nitrogens with one attached hydrogen (secondary N) is 2. The summed E-state index contributed by atoms with van der Waals surface area (Å²) in [6, 6.07) is 5.39. The molecule has 0 saturated heterocycles. The minimum atomic E-state index is -0.250. The summed E-state index contributed by atoms with van der Waals surface area (Å²) in [5, 5.41) is 5.90. The number of likely N-dealkylation sites (N-methyl/N-ethyl adjacent to an activating group) is 1. The molecular weight excluding hydrogens is 322 g/mol. The number of carbonyl (C=O) groups is 1. The molecule has 0 radical (unpaired) electrons. The van der Waals surface area contributed by atoms with Crippen LogP contribution in [0.15, 0.2) is 30.6 Å². The van der Waals surface area contributed by atoms with Gasteiger partial charge in [0.05, 0.1) is 32.3 Å². The van der Waals surface area contributed by atoms with Gasteiger partial charge < -0.3 is 25.0 Å². The lowest BCUT2D eigenvalue weighted by Crippen LogP contribution is -2.31. The highest BCUT2D eigenvalue weighted by Gasteiger charge is 2.10. The fraction of sp³-hybridized carbons (Fsp3) is 0.353. The van der Waals surface area contributed by atoms with Gasteiger partial charge >= 0.3 is 0 Å². The van der Waals surface area contributed by atoms with E-state index in [-0.39, 0.29) is 11.6 Å². The van der Waals surface area contributed by atoms with E-state index in [0.717, 1.165) is 6.54 Å². The Kier molecular flexibility index (Phi) is 6.53. The molecule has 134 valence electrons. The van der Waals surface area contributed by atoms with Gasteiger partial charge in [-0.15, -0.1) is 0 Å². The molecule has 0 aliphatic heterocycles. The van der Waals surface area contributed by atoms with Crippen molar-refractivity contribution in [2.75, 3.05) is 46.7 Å². The lowest BCUT2D eigenvalue weighted by Gasteiger charge is -2.12. The molecule has 0 fully saturated rings. The quantitative estimate of drug-likeness (QED) is 0.750. The van der Waals surface area contributed by atoms with E-state index in [9.17, 15) is 4.79 Å². The van der Waals surface area contributed by atoms with Crippen LogP contribution in [-0.4, -0.2) is 62.2 Å². The van der Waals surface area contributed by atoms with Crippen LogP contribution in [0.2, 0.25) is 0 Å². The second-order valence-corrected chi connectivity index (χ2v) is 5.54. The number of carbonyl (C=O) groups excluding carboxylic acids is 1. The zero-order valence-corrected chi connectivity index (χ0v) is 14.9. The van der Waals surface area contributed by atoms with E-state index in [1.54, 1.807) is 32.4 Å². The Morgan fingerprint density at radius 1 is 1.16 bits per heavy atom. The number of ether oxygens (including phenoxy) is 2. The fourth-order valence-electron chi connectivity index (χ4n) is 2.04. The van der Waals surface area contributed by atoms with Gasteiger partial charge in [0.1, 0.15) is 23.0 Å². The van der Waals surface area contributed by atoms with Crippen LogP contribution in [0.3, 0.4) is 0 Å². The number of aromatic nitrogens is 2. The van der Waals surface area contributed by atoms with Crippen LogP contribution >= 0.6 is 0 Å². The van der Waals surface area contributed by atoms with Crippen molar-refractivity contribution in [1.82, 2.24) is 20.2 Å². The summed E-state index contributed by atoms with van der Waals surface area (Å²) in [5.74, 6) is 1.58. The molecule has 8 nitrogen and oxygen atoms in total. The number of hydrogen-bond donors (Lipinski definition) is 2. The highest BCUT2D eigenvalue weighted by Crippen LogP contribution is 2.30. The van der Waals surface area contributed by atoms with Gasteiger partial charge in [-0.25, -0.2) is 9.97 Å². The first-order valence-corrected chi connectivity index (χ1v) is 7.77. The molecule has 2 N–H and O–H groups in total. The molecule has 1 aromatic carbocycles. The van der Waals surface area contributed by atoms with Crippen molar-refractivity contribution in [2.45, 2.75) is 0 Å². The molecule has 0 aliphatic rings. The van der Waals surface area contributed by atoms with Crippen LogP contribution in [0.4, 0.5) is 11.5 Å². The first-order chi connectivity index (χ1) is 12.0. The largest absolute Gasteiger partial charge is 0.497 e. The van der Waals surface area contributed by atoms with E-state index in [2.05, 4.69) is 20.6 Å². The molecule has 8 heteroatoms. The van der Waals surface area contributed by atoms with E-state index in [1.807, 2.05) is 19.0 Å². The Bertz CT molecular complexity index is 704. The third kappa shape index (κ3) is 5.32. The summed E-state index contributed by atoms with van der Waals surface area (Å²) in [6.45, 7) is 1.31. The van der Waals surface area contributed by atoms with Gasteiger partial charge in [0, 0.05) is 19.2 Å². The zero-order chi connectivity index (χ0) is 18.2. The number of benzene rings is 1. The lowest BCUT2D eigenvalue weighted by molar-refractivity contribution is 0.0945. The second kappa shape index (κ2) is 8.84. The van der Waals surface area contributed by atoms with E-state index in [1.165, 1.54) is 12.4 Å².